The van der Waals surface area contributed by atoms with Gasteiger partial charge in [-0.1, -0.05) is 17.7 Å². The van der Waals surface area contributed by atoms with E-state index in [4.69, 9.17) is 11.6 Å². The first kappa shape index (κ1) is 20.2. The van der Waals surface area contributed by atoms with Gasteiger partial charge >= 0.3 is 18.0 Å². The molecule has 0 saturated carbocycles. The van der Waals surface area contributed by atoms with Gasteiger partial charge in [-0.05, 0) is 35.9 Å². The molecular weight excluding hydrogens is 379 g/mol. The first-order valence-corrected chi connectivity index (χ1v) is 8.02. The topological polar surface area (TPSA) is 93.7 Å². The Hall–Kier alpha value is -3.13. The predicted octanol–water partition coefficient (Wildman–Crippen LogP) is 3.37. The summed E-state index contributed by atoms with van der Waals surface area (Å²) in [6.07, 6.45) is 0. The fraction of sp³-hybridized carbons (Fsp3) is 0.167. The molecule has 9 heteroatoms. The lowest BCUT2D eigenvalue weighted by Crippen LogP contribution is -2.28. The van der Waals surface area contributed by atoms with Gasteiger partial charge in [-0.15, -0.1) is 0 Å². The first-order chi connectivity index (χ1) is 12.8. The molecule has 0 bridgehead atoms. The fourth-order valence-corrected chi connectivity index (χ4v) is 2.42. The zero-order valence-electron chi connectivity index (χ0n) is 14.5. The summed E-state index contributed by atoms with van der Waals surface area (Å²) >= 11 is 5.90. The van der Waals surface area contributed by atoms with Crippen molar-refractivity contribution in [2.45, 2.75) is 6.54 Å². The van der Waals surface area contributed by atoms with E-state index in [2.05, 4.69) is 20.1 Å². The summed E-state index contributed by atoms with van der Waals surface area (Å²) in [5.41, 5.74) is 0.835. The molecule has 0 heterocycles. The Balaban J connectivity index is 2.13. The number of benzene rings is 2. The molecule has 2 aromatic rings. The van der Waals surface area contributed by atoms with E-state index in [1.165, 1.54) is 44.6 Å². The van der Waals surface area contributed by atoms with Crippen molar-refractivity contribution >= 4 is 35.3 Å². The molecule has 0 spiro atoms. The maximum absolute atomic E-state index is 13.0. The van der Waals surface area contributed by atoms with Crippen LogP contribution in [-0.2, 0) is 16.0 Å². The van der Waals surface area contributed by atoms with Gasteiger partial charge in [0.05, 0.1) is 25.3 Å². The molecule has 0 aliphatic heterocycles. The number of halogens is 2. The van der Waals surface area contributed by atoms with Crippen molar-refractivity contribution in [3.8, 4) is 0 Å². The zero-order chi connectivity index (χ0) is 20.0. The third kappa shape index (κ3) is 5.42. The number of hydrogen-bond donors (Lipinski definition) is 2. The van der Waals surface area contributed by atoms with Crippen molar-refractivity contribution in [1.29, 1.82) is 0 Å². The van der Waals surface area contributed by atoms with E-state index in [0.717, 1.165) is 6.07 Å². The highest BCUT2D eigenvalue weighted by Gasteiger charge is 2.15. The Labute approximate surface area is 159 Å². The van der Waals surface area contributed by atoms with Crippen LogP contribution in [0.15, 0.2) is 36.4 Å². The van der Waals surface area contributed by atoms with Crippen LogP contribution in [0.4, 0.5) is 14.9 Å². The van der Waals surface area contributed by atoms with Crippen molar-refractivity contribution in [3.63, 3.8) is 0 Å². The maximum Gasteiger partial charge on any atom is 0.337 e. The summed E-state index contributed by atoms with van der Waals surface area (Å²) in [4.78, 5) is 35.6. The molecule has 7 nitrogen and oxygen atoms in total. The number of rotatable bonds is 5. The van der Waals surface area contributed by atoms with Gasteiger partial charge in [0.25, 0.3) is 0 Å². The number of carbonyl (C=O) groups is 3. The number of anilines is 1. The van der Waals surface area contributed by atoms with Crippen LogP contribution in [0.1, 0.15) is 26.3 Å². The average Bonchev–Trinajstić information content (AvgIpc) is 2.65. The van der Waals surface area contributed by atoms with Crippen molar-refractivity contribution in [1.82, 2.24) is 5.32 Å². The van der Waals surface area contributed by atoms with E-state index >= 15 is 0 Å². The van der Waals surface area contributed by atoms with Crippen molar-refractivity contribution < 1.29 is 28.2 Å². The summed E-state index contributed by atoms with van der Waals surface area (Å²) in [7, 11) is 2.39. The van der Waals surface area contributed by atoms with Gasteiger partial charge in [0, 0.05) is 17.3 Å². The Morgan fingerprint density at radius 3 is 2.11 bits per heavy atom. The Bertz CT molecular complexity index is 854. The number of carbonyl (C=O) groups excluding carboxylic acids is 3. The highest BCUT2D eigenvalue weighted by Crippen LogP contribution is 2.18. The maximum atomic E-state index is 13.0. The van der Waals surface area contributed by atoms with Crippen LogP contribution in [0.5, 0.6) is 0 Å². The molecule has 0 atom stereocenters. The standard InChI is InChI=1S/C18H16ClFN2O5/c1-26-16(23)11-5-12(17(24)27-2)7-14(6-11)22-18(25)21-9-10-3-4-13(20)8-15(10)19/h3-8H,9H2,1-2H3,(H2,21,22,25). The molecule has 0 saturated heterocycles. The van der Waals surface area contributed by atoms with E-state index < -0.39 is 23.8 Å². The number of esters is 2. The minimum absolute atomic E-state index is 0.0471. The second-order valence-corrected chi connectivity index (χ2v) is 5.73. The third-order valence-corrected chi connectivity index (χ3v) is 3.84. The monoisotopic (exact) mass is 394 g/mol. The van der Waals surface area contributed by atoms with Gasteiger partial charge in [-0.25, -0.2) is 18.8 Å². The van der Waals surface area contributed by atoms with Gasteiger partial charge in [-0.2, -0.15) is 0 Å². The van der Waals surface area contributed by atoms with Crippen LogP contribution >= 0.6 is 11.6 Å². The molecular formula is C18H16ClFN2O5. The summed E-state index contributed by atoms with van der Waals surface area (Å²) in [5, 5.41) is 5.22. The average molecular weight is 395 g/mol. The number of hydrogen-bond acceptors (Lipinski definition) is 5. The Morgan fingerprint density at radius 2 is 1.59 bits per heavy atom. The van der Waals surface area contributed by atoms with Crippen LogP contribution in [0, 0.1) is 5.82 Å². The van der Waals surface area contributed by atoms with Crippen molar-refractivity contribution in [2.24, 2.45) is 0 Å². The molecule has 2 N–H and O–H groups in total. The molecule has 0 aromatic heterocycles. The van der Waals surface area contributed by atoms with Gasteiger partial charge in [0.15, 0.2) is 0 Å². The third-order valence-electron chi connectivity index (χ3n) is 3.49. The molecule has 27 heavy (non-hydrogen) atoms. The van der Waals surface area contributed by atoms with E-state index in [1.807, 2.05) is 0 Å². The van der Waals surface area contributed by atoms with Gasteiger partial charge in [0.1, 0.15) is 5.82 Å². The predicted molar refractivity (Wildman–Crippen MR) is 96.4 cm³/mol. The molecule has 0 radical (unpaired) electrons. The SMILES string of the molecule is COC(=O)c1cc(NC(=O)NCc2ccc(F)cc2Cl)cc(C(=O)OC)c1. The van der Waals surface area contributed by atoms with Crippen LogP contribution in [0.2, 0.25) is 5.02 Å². The number of amides is 2. The van der Waals surface area contributed by atoms with Crippen molar-refractivity contribution in [3.05, 3.63) is 63.9 Å². The highest BCUT2D eigenvalue weighted by atomic mass is 35.5. The zero-order valence-corrected chi connectivity index (χ0v) is 15.2. The van der Waals surface area contributed by atoms with Gasteiger partial charge < -0.3 is 20.1 Å². The minimum Gasteiger partial charge on any atom is -0.465 e. The molecule has 2 aromatic carbocycles. The van der Waals surface area contributed by atoms with E-state index in [-0.39, 0.29) is 28.4 Å². The lowest BCUT2D eigenvalue weighted by molar-refractivity contribution is 0.0599. The number of ether oxygens (including phenoxy) is 2. The molecule has 2 amide bonds. The lowest BCUT2D eigenvalue weighted by atomic mass is 10.1. The molecule has 2 rings (SSSR count). The van der Waals surface area contributed by atoms with Gasteiger partial charge in [0.2, 0.25) is 0 Å². The van der Waals surface area contributed by atoms with Crippen molar-refractivity contribution in [2.75, 3.05) is 19.5 Å². The Kier molecular flexibility index (Phi) is 6.73. The van der Waals surface area contributed by atoms with E-state index in [1.54, 1.807) is 0 Å². The molecule has 142 valence electrons. The molecule has 0 fully saturated rings. The smallest absolute Gasteiger partial charge is 0.337 e. The summed E-state index contributed by atoms with van der Waals surface area (Å²) in [6, 6.07) is 7.19. The normalized spacial score (nSPS) is 10.1. The summed E-state index contributed by atoms with van der Waals surface area (Å²) in [6.45, 7) is 0.0471. The second-order valence-electron chi connectivity index (χ2n) is 5.33. The minimum atomic E-state index is -0.678. The highest BCUT2D eigenvalue weighted by molar-refractivity contribution is 6.31. The number of methoxy groups -OCH3 is 2. The van der Waals surface area contributed by atoms with E-state index in [0.29, 0.717) is 5.56 Å². The second kappa shape index (κ2) is 9.00. The molecule has 0 aliphatic carbocycles. The van der Waals surface area contributed by atoms with Gasteiger partial charge in [-0.3, -0.25) is 0 Å². The fourth-order valence-electron chi connectivity index (χ4n) is 2.19. The van der Waals surface area contributed by atoms with Crippen LogP contribution in [0.25, 0.3) is 0 Å². The quantitative estimate of drug-likeness (QED) is 0.758. The Morgan fingerprint density at radius 1 is 1.00 bits per heavy atom. The number of nitrogens with one attached hydrogen (secondary N) is 2. The number of urea groups is 1. The molecule has 0 unspecified atom stereocenters. The summed E-state index contributed by atoms with van der Waals surface area (Å²) in [5.74, 6) is -1.84. The van der Waals surface area contributed by atoms with Crippen LogP contribution in [-0.4, -0.2) is 32.2 Å². The first-order valence-electron chi connectivity index (χ1n) is 7.64. The van der Waals surface area contributed by atoms with Crippen LogP contribution in [0.3, 0.4) is 0 Å². The lowest BCUT2D eigenvalue weighted by Gasteiger charge is -2.11. The molecule has 0 aliphatic rings. The largest absolute Gasteiger partial charge is 0.465 e. The van der Waals surface area contributed by atoms with E-state index in [9.17, 15) is 18.8 Å². The summed E-state index contributed by atoms with van der Waals surface area (Å²) < 4.78 is 22.3. The van der Waals surface area contributed by atoms with Crippen LogP contribution < -0.4 is 10.6 Å².